The first-order valence-corrected chi connectivity index (χ1v) is 9.21. The lowest BCUT2D eigenvalue weighted by Crippen LogP contribution is -2.43. The molecule has 2 atom stereocenters. The van der Waals surface area contributed by atoms with Gasteiger partial charge in [-0.15, -0.1) is 0 Å². The van der Waals surface area contributed by atoms with Crippen molar-refractivity contribution in [2.24, 2.45) is 0 Å². The molecule has 1 N–H and O–H groups in total. The minimum Gasteiger partial charge on any atom is -0.316 e. The van der Waals surface area contributed by atoms with Crippen molar-refractivity contribution in [2.75, 3.05) is 20.1 Å². The summed E-state index contributed by atoms with van der Waals surface area (Å²) >= 11 is 1.85. The maximum Gasteiger partial charge on any atom is 0.243 e. The fourth-order valence-electron chi connectivity index (χ4n) is 2.46. The van der Waals surface area contributed by atoms with E-state index in [0.29, 0.717) is 28.5 Å². The van der Waals surface area contributed by atoms with Gasteiger partial charge in [0.1, 0.15) is 0 Å². The minimum absolute atomic E-state index is 0.345. The van der Waals surface area contributed by atoms with Crippen LogP contribution >= 0.6 is 11.8 Å². The van der Waals surface area contributed by atoms with Crippen LogP contribution in [-0.4, -0.2) is 43.4 Å². The van der Waals surface area contributed by atoms with Crippen molar-refractivity contribution in [3.63, 3.8) is 0 Å². The van der Waals surface area contributed by atoms with Gasteiger partial charge in [-0.25, -0.2) is 8.42 Å². The number of thioether (sulfide) groups is 1. The predicted octanol–water partition coefficient (Wildman–Crippen LogP) is 1.92. The van der Waals surface area contributed by atoms with Crippen LogP contribution in [0.1, 0.15) is 19.4 Å². The molecule has 0 saturated carbocycles. The van der Waals surface area contributed by atoms with E-state index < -0.39 is 10.0 Å². The Balaban J connectivity index is 2.21. The minimum atomic E-state index is -3.36. The SMILES string of the molecule is CNCc1ccc(S(=O)(=O)N2CC(C)SC(C)C2)cc1. The van der Waals surface area contributed by atoms with Crippen molar-refractivity contribution in [1.29, 1.82) is 0 Å². The van der Waals surface area contributed by atoms with Gasteiger partial charge in [0.25, 0.3) is 0 Å². The first-order valence-electron chi connectivity index (χ1n) is 6.82. The van der Waals surface area contributed by atoms with Gasteiger partial charge in [0, 0.05) is 30.1 Å². The third kappa shape index (κ3) is 3.55. The second kappa shape index (κ2) is 6.47. The quantitative estimate of drug-likeness (QED) is 0.922. The molecule has 4 nitrogen and oxygen atoms in total. The molecule has 1 saturated heterocycles. The van der Waals surface area contributed by atoms with Crippen LogP contribution in [0.4, 0.5) is 0 Å². The molecule has 0 radical (unpaired) electrons. The van der Waals surface area contributed by atoms with Gasteiger partial charge in [-0.05, 0) is 24.7 Å². The molecule has 1 aromatic rings. The second-order valence-corrected chi connectivity index (χ2v) is 9.07. The fourth-order valence-corrected chi connectivity index (χ4v) is 5.59. The zero-order valence-electron chi connectivity index (χ0n) is 12.2. The van der Waals surface area contributed by atoms with E-state index in [1.54, 1.807) is 16.4 Å². The Hall–Kier alpha value is -0.560. The maximum absolute atomic E-state index is 12.6. The Bertz CT molecular complexity index is 533. The molecule has 0 aliphatic carbocycles. The number of nitrogens with zero attached hydrogens (tertiary/aromatic N) is 1. The van der Waals surface area contributed by atoms with E-state index in [0.717, 1.165) is 12.1 Å². The summed E-state index contributed by atoms with van der Waals surface area (Å²) in [4.78, 5) is 0.392. The van der Waals surface area contributed by atoms with Crippen LogP contribution in [0, 0.1) is 0 Å². The van der Waals surface area contributed by atoms with Gasteiger partial charge in [0.2, 0.25) is 10.0 Å². The summed E-state index contributed by atoms with van der Waals surface area (Å²) in [6.45, 7) is 6.09. The molecule has 6 heteroatoms. The van der Waals surface area contributed by atoms with Crippen LogP contribution in [0.25, 0.3) is 0 Å². The fraction of sp³-hybridized carbons (Fsp3) is 0.571. The van der Waals surface area contributed by atoms with Crippen LogP contribution in [0.3, 0.4) is 0 Å². The monoisotopic (exact) mass is 314 g/mol. The van der Waals surface area contributed by atoms with Gasteiger partial charge in [-0.2, -0.15) is 16.1 Å². The first-order chi connectivity index (χ1) is 9.43. The number of nitrogens with one attached hydrogen (secondary N) is 1. The van der Waals surface area contributed by atoms with E-state index in [9.17, 15) is 8.42 Å². The Labute approximate surface area is 126 Å². The highest BCUT2D eigenvalue weighted by Gasteiger charge is 2.31. The third-order valence-electron chi connectivity index (χ3n) is 3.33. The van der Waals surface area contributed by atoms with Gasteiger partial charge >= 0.3 is 0 Å². The summed E-state index contributed by atoms with van der Waals surface area (Å²) < 4.78 is 26.9. The van der Waals surface area contributed by atoms with Crippen molar-refractivity contribution >= 4 is 21.8 Å². The van der Waals surface area contributed by atoms with Crippen molar-refractivity contribution in [1.82, 2.24) is 9.62 Å². The molecule has 1 fully saturated rings. The van der Waals surface area contributed by atoms with E-state index in [1.165, 1.54) is 0 Å². The highest BCUT2D eigenvalue weighted by molar-refractivity contribution is 8.00. The normalized spacial score (nSPS) is 24.8. The van der Waals surface area contributed by atoms with Gasteiger partial charge in [0.15, 0.2) is 0 Å². The lowest BCUT2D eigenvalue weighted by Gasteiger charge is -2.33. The van der Waals surface area contributed by atoms with Crippen LogP contribution in [0.2, 0.25) is 0 Å². The number of hydrogen-bond donors (Lipinski definition) is 1. The van der Waals surface area contributed by atoms with E-state index in [4.69, 9.17) is 0 Å². The van der Waals surface area contributed by atoms with Crippen molar-refractivity contribution in [2.45, 2.75) is 35.8 Å². The Morgan fingerprint density at radius 3 is 2.25 bits per heavy atom. The molecule has 1 aliphatic rings. The van der Waals surface area contributed by atoms with E-state index in [2.05, 4.69) is 19.2 Å². The van der Waals surface area contributed by atoms with Gasteiger partial charge in [-0.3, -0.25) is 0 Å². The Morgan fingerprint density at radius 2 is 1.75 bits per heavy atom. The smallest absolute Gasteiger partial charge is 0.243 e. The molecule has 20 heavy (non-hydrogen) atoms. The average molecular weight is 314 g/mol. The number of rotatable bonds is 4. The molecular formula is C14H22N2O2S2. The highest BCUT2D eigenvalue weighted by Crippen LogP contribution is 2.28. The van der Waals surface area contributed by atoms with Crippen molar-refractivity contribution in [3.8, 4) is 0 Å². The van der Waals surface area contributed by atoms with Crippen LogP contribution < -0.4 is 5.32 Å². The molecule has 1 aliphatic heterocycles. The molecular weight excluding hydrogens is 292 g/mol. The third-order valence-corrected chi connectivity index (χ3v) is 6.40. The topological polar surface area (TPSA) is 49.4 Å². The standard InChI is InChI=1S/C14H22N2O2S2/c1-11-9-16(10-12(2)19-11)20(17,18)14-6-4-13(5-7-14)8-15-3/h4-7,11-12,15H,8-10H2,1-3H3. The number of benzene rings is 1. The molecule has 1 aromatic carbocycles. The largest absolute Gasteiger partial charge is 0.316 e. The van der Waals surface area contributed by atoms with Crippen LogP contribution in [-0.2, 0) is 16.6 Å². The molecule has 2 unspecified atom stereocenters. The summed E-state index contributed by atoms with van der Waals surface area (Å²) in [5.74, 6) is 0. The average Bonchev–Trinajstić information content (AvgIpc) is 2.38. The zero-order chi connectivity index (χ0) is 14.8. The van der Waals surface area contributed by atoms with E-state index in [1.807, 2.05) is 30.9 Å². The van der Waals surface area contributed by atoms with Crippen LogP contribution in [0.15, 0.2) is 29.2 Å². The molecule has 0 amide bonds. The molecule has 2 rings (SSSR count). The maximum atomic E-state index is 12.6. The van der Waals surface area contributed by atoms with E-state index in [-0.39, 0.29) is 0 Å². The number of hydrogen-bond acceptors (Lipinski definition) is 4. The molecule has 0 bridgehead atoms. The van der Waals surface area contributed by atoms with Gasteiger partial charge in [0.05, 0.1) is 4.90 Å². The Kier molecular flexibility index (Phi) is 5.12. The second-order valence-electron chi connectivity index (χ2n) is 5.25. The summed E-state index contributed by atoms with van der Waals surface area (Å²) in [6, 6.07) is 7.15. The van der Waals surface area contributed by atoms with Gasteiger partial charge < -0.3 is 5.32 Å². The predicted molar refractivity (Wildman–Crippen MR) is 84.5 cm³/mol. The summed E-state index contributed by atoms with van der Waals surface area (Å²) in [5.41, 5.74) is 1.09. The van der Waals surface area contributed by atoms with Crippen molar-refractivity contribution < 1.29 is 8.42 Å². The molecule has 0 aromatic heterocycles. The number of sulfonamides is 1. The first kappa shape index (κ1) is 15.8. The zero-order valence-corrected chi connectivity index (χ0v) is 13.8. The van der Waals surface area contributed by atoms with E-state index >= 15 is 0 Å². The molecule has 1 heterocycles. The summed E-state index contributed by atoms with van der Waals surface area (Å²) in [6.07, 6.45) is 0. The van der Waals surface area contributed by atoms with Crippen LogP contribution in [0.5, 0.6) is 0 Å². The summed E-state index contributed by atoms with van der Waals surface area (Å²) in [7, 11) is -1.49. The lowest BCUT2D eigenvalue weighted by molar-refractivity contribution is 0.405. The lowest BCUT2D eigenvalue weighted by atomic mass is 10.2. The molecule has 0 spiro atoms. The van der Waals surface area contributed by atoms with Crippen molar-refractivity contribution in [3.05, 3.63) is 29.8 Å². The van der Waals surface area contributed by atoms with Gasteiger partial charge in [-0.1, -0.05) is 26.0 Å². The highest BCUT2D eigenvalue weighted by atomic mass is 32.2. The molecule has 112 valence electrons. The summed E-state index contributed by atoms with van der Waals surface area (Å²) in [5, 5.41) is 3.74. The Morgan fingerprint density at radius 1 is 1.20 bits per heavy atom.